The Morgan fingerprint density at radius 3 is 2.29 bits per heavy atom. The molecule has 0 aromatic heterocycles. The van der Waals surface area contributed by atoms with Crippen molar-refractivity contribution in [3.05, 3.63) is 25.3 Å². The van der Waals surface area contributed by atoms with Gasteiger partial charge in [0.1, 0.15) is 5.60 Å². The van der Waals surface area contributed by atoms with Gasteiger partial charge in [-0.2, -0.15) is 0 Å². The molecule has 14 heavy (non-hydrogen) atoms. The summed E-state index contributed by atoms with van der Waals surface area (Å²) in [5.41, 5.74) is -0.744. The summed E-state index contributed by atoms with van der Waals surface area (Å²) < 4.78 is 5.54. The molecule has 2 nitrogen and oxygen atoms in total. The van der Waals surface area contributed by atoms with E-state index in [9.17, 15) is 0 Å². The first-order chi connectivity index (χ1) is 6.74. The Bertz CT molecular complexity index is 156. The lowest BCUT2D eigenvalue weighted by Gasteiger charge is -2.24. The first-order valence-electron chi connectivity index (χ1n) is 5.26. The van der Waals surface area contributed by atoms with Gasteiger partial charge < -0.3 is 9.84 Å². The summed E-state index contributed by atoms with van der Waals surface area (Å²) in [5, 5.41) is 9.11. The minimum Gasteiger partial charge on any atom is -0.393 e. The highest BCUT2D eigenvalue weighted by Gasteiger charge is 2.21. The van der Waals surface area contributed by atoms with Gasteiger partial charge in [-0.1, -0.05) is 51.5 Å². The third-order valence-electron chi connectivity index (χ3n) is 2.31. The second-order valence-corrected chi connectivity index (χ2v) is 3.43. The molecule has 0 rings (SSSR count). The minimum absolute atomic E-state index is 0.0895. The summed E-state index contributed by atoms with van der Waals surface area (Å²) in [5.74, 6) is 0. The maximum absolute atomic E-state index is 9.11. The van der Waals surface area contributed by atoms with Gasteiger partial charge >= 0.3 is 0 Å². The fourth-order valence-corrected chi connectivity index (χ4v) is 1.17. The number of hydrogen-bond acceptors (Lipinski definition) is 2. The molecule has 0 unspecified atom stereocenters. The molecule has 0 saturated heterocycles. The monoisotopic (exact) mass is 198 g/mol. The Labute approximate surface area is 87.3 Å². The molecule has 0 aromatic rings. The van der Waals surface area contributed by atoms with Gasteiger partial charge in [0.05, 0.1) is 6.61 Å². The van der Waals surface area contributed by atoms with Crippen LogP contribution in [0, 0.1) is 0 Å². The fourth-order valence-electron chi connectivity index (χ4n) is 1.17. The molecule has 0 aliphatic carbocycles. The van der Waals surface area contributed by atoms with Crippen molar-refractivity contribution in [2.45, 2.75) is 38.2 Å². The van der Waals surface area contributed by atoms with Crippen LogP contribution in [-0.4, -0.2) is 23.9 Å². The molecule has 0 amide bonds. The maximum Gasteiger partial charge on any atom is 0.127 e. The smallest absolute Gasteiger partial charge is 0.127 e. The van der Waals surface area contributed by atoms with E-state index in [0.717, 1.165) is 6.42 Å². The van der Waals surface area contributed by atoms with Gasteiger partial charge in [0.15, 0.2) is 0 Å². The lowest BCUT2D eigenvalue weighted by atomic mass is 10.1. The summed E-state index contributed by atoms with van der Waals surface area (Å²) in [6, 6.07) is 0. The van der Waals surface area contributed by atoms with Gasteiger partial charge in [-0.05, 0) is 6.42 Å². The number of hydrogen-bond donors (Lipinski definition) is 1. The van der Waals surface area contributed by atoms with Gasteiger partial charge in [0, 0.05) is 6.61 Å². The van der Waals surface area contributed by atoms with Gasteiger partial charge in [-0.25, -0.2) is 0 Å². The van der Waals surface area contributed by atoms with E-state index in [4.69, 9.17) is 9.84 Å². The van der Waals surface area contributed by atoms with Crippen LogP contribution in [0.15, 0.2) is 25.3 Å². The molecule has 0 heterocycles. The molecule has 82 valence electrons. The molecule has 0 bridgehead atoms. The predicted octanol–water partition coefficient (Wildman–Crippen LogP) is 2.69. The second kappa shape index (κ2) is 7.77. The molecule has 0 aliphatic rings. The van der Waals surface area contributed by atoms with Crippen LogP contribution in [0.1, 0.15) is 32.6 Å². The van der Waals surface area contributed by atoms with Crippen molar-refractivity contribution in [1.82, 2.24) is 0 Å². The Morgan fingerprint density at radius 2 is 1.86 bits per heavy atom. The van der Waals surface area contributed by atoms with Crippen molar-refractivity contribution < 1.29 is 9.84 Å². The highest BCUT2D eigenvalue weighted by atomic mass is 16.5. The zero-order valence-electron chi connectivity index (χ0n) is 9.17. The van der Waals surface area contributed by atoms with Crippen molar-refractivity contribution in [3.63, 3.8) is 0 Å². The molecule has 0 aromatic carbocycles. The van der Waals surface area contributed by atoms with Crippen molar-refractivity contribution in [3.8, 4) is 0 Å². The summed E-state index contributed by atoms with van der Waals surface area (Å²) in [7, 11) is 0. The summed E-state index contributed by atoms with van der Waals surface area (Å²) in [6.45, 7) is 10.0. The van der Waals surface area contributed by atoms with E-state index in [1.54, 1.807) is 12.2 Å². The van der Waals surface area contributed by atoms with E-state index in [2.05, 4.69) is 20.1 Å². The van der Waals surface area contributed by atoms with E-state index in [1.165, 1.54) is 19.3 Å². The zero-order valence-corrected chi connectivity index (χ0v) is 9.17. The van der Waals surface area contributed by atoms with E-state index in [-0.39, 0.29) is 6.61 Å². The fraction of sp³-hybridized carbons (Fsp3) is 0.667. The Hall–Kier alpha value is -0.600. The number of aliphatic hydroxyl groups excluding tert-OH is 1. The number of ether oxygens (including phenoxy) is 1. The SMILES string of the molecule is C=CC(C=C)(CO)OCCCCCC. The Morgan fingerprint density at radius 1 is 1.21 bits per heavy atom. The highest BCUT2D eigenvalue weighted by Crippen LogP contribution is 2.14. The normalized spacial score (nSPS) is 11.3. The van der Waals surface area contributed by atoms with Crippen molar-refractivity contribution in [2.75, 3.05) is 13.2 Å². The molecule has 0 radical (unpaired) electrons. The topological polar surface area (TPSA) is 29.5 Å². The maximum atomic E-state index is 9.11. The lowest BCUT2D eigenvalue weighted by Crippen LogP contribution is -2.32. The van der Waals surface area contributed by atoms with E-state index in [0.29, 0.717) is 6.61 Å². The molecule has 0 spiro atoms. The van der Waals surface area contributed by atoms with Crippen LogP contribution in [0.25, 0.3) is 0 Å². The Balaban J connectivity index is 3.71. The van der Waals surface area contributed by atoms with E-state index < -0.39 is 5.60 Å². The van der Waals surface area contributed by atoms with E-state index >= 15 is 0 Å². The zero-order chi connectivity index (χ0) is 10.9. The van der Waals surface area contributed by atoms with Gasteiger partial charge in [0.2, 0.25) is 0 Å². The van der Waals surface area contributed by atoms with Crippen LogP contribution < -0.4 is 0 Å². The Kier molecular flexibility index (Phi) is 7.44. The third kappa shape index (κ3) is 4.58. The molecule has 0 saturated carbocycles. The number of aliphatic hydroxyl groups is 1. The van der Waals surface area contributed by atoms with Crippen molar-refractivity contribution in [2.24, 2.45) is 0 Å². The first-order valence-corrected chi connectivity index (χ1v) is 5.26. The minimum atomic E-state index is -0.744. The molecular formula is C12H22O2. The largest absolute Gasteiger partial charge is 0.393 e. The third-order valence-corrected chi connectivity index (χ3v) is 2.31. The summed E-state index contributed by atoms with van der Waals surface area (Å²) in [6.07, 6.45) is 7.84. The van der Waals surface area contributed by atoms with Crippen LogP contribution in [0.4, 0.5) is 0 Å². The molecule has 0 atom stereocenters. The van der Waals surface area contributed by atoms with Gasteiger partial charge in [-0.3, -0.25) is 0 Å². The molecule has 1 N–H and O–H groups in total. The first kappa shape index (κ1) is 13.4. The molecule has 0 aliphatic heterocycles. The van der Waals surface area contributed by atoms with Crippen LogP contribution in [0.2, 0.25) is 0 Å². The second-order valence-electron chi connectivity index (χ2n) is 3.43. The standard InChI is InChI=1S/C12H22O2/c1-4-7-8-9-10-14-12(5-2,6-3)11-13/h5-6,13H,2-4,7-11H2,1H3. The van der Waals surface area contributed by atoms with Gasteiger partial charge in [-0.15, -0.1) is 0 Å². The quantitative estimate of drug-likeness (QED) is 0.456. The molecular weight excluding hydrogens is 176 g/mol. The van der Waals surface area contributed by atoms with Crippen molar-refractivity contribution in [1.29, 1.82) is 0 Å². The predicted molar refractivity (Wildman–Crippen MR) is 60.3 cm³/mol. The van der Waals surface area contributed by atoms with Crippen molar-refractivity contribution >= 4 is 0 Å². The lowest BCUT2D eigenvalue weighted by molar-refractivity contribution is -0.0129. The average molecular weight is 198 g/mol. The average Bonchev–Trinajstić information content (AvgIpc) is 2.24. The van der Waals surface area contributed by atoms with Crippen LogP contribution in [-0.2, 0) is 4.74 Å². The number of unbranched alkanes of at least 4 members (excludes halogenated alkanes) is 3. The molecule has 0 fully saturated rings. The number of rotatable bonds is 9. The van der Waals surface area contributed by atoms with Crippen LogP contribution >= 0.6 is 0 Å². The summed E-state index contributed by atoms with van der Waals surface area (Å²) >= 11 is 0. The van der Waals surface area contributed by atoms with E-state index in [1.807, 2.05) is 0 Å². The summed E-state index contributed by atoms with van der Waals surface area (Å²) in [4.78, 5) is 0. The van der Waals surface area contributed by atoms with Crippen LogP contribution in [0.3, 0.4) is 0 Å². The highest BCUT2D eigenvalue weighted by molar-refractivity contribution is 5.09. The van der Waals surface area contributed by atoms with Gasteiger partial charge in [0.25, 0.3) is 0 Å². The van der Waals surface area contributed by atoms with Crippen LogP contribution in [0.5, 0.6) is 0 Å². The molecule has 2 heteroatoms.